The average Bonchev–Trinajstić information content (AvgIpc) is 2.39. The zero-order valence-corrected chi connectivity index (χ0v) is 11.2. The van der Waals surface area contributed by atoms with E-state index in [4.69, 9.17) is 0 Å². The van der Waals surface area contributed by atoms with Crippen molar-refractivity contribution in [2.24, 2.45) is 5.41 Å². The number of sulfone groups is 1. The number of rotatable bonds is 1. The van der Waals surface area contributed by atoms with Crippen molar-refractivity contribution in [2.75, 3.05) is 24.6 Å². The fraction of sp³-hybridized carbons (Fsp3) is 0.833. The highest BCUT2D eigenvalue weighted by molar-refractivity contribution is 7.91. The topological polar surface area (TPSA) is 78.2 Å². The van der Waals surface area contributed by atoms with Crippen LogP contribution in [0, 0.1) is 16.7 Å². The van der Waals surface area contributed by atoms with Crippen LogP contribution in [0.15, 0.2) is 0 Å². The Labute approximate surface area is 108 Å². The Morgan fingerprint density at radius 1 is 1.11 bits per heavy atom. The molecule has 0 unspecified atom stereocenters. The SMILES string of the molecule is N#CC1(C(=O)N2CCS(=O)(=O)CC2)CCCCC1. The Hall–Kier alpha value is -1.09. The van der Waals surface area contributed by atoms with Gasteiger partial charge in [0, 0.05) is 13.1 Å². The van der Waals surface area contributed by atoms with Crippen LogP contribution in [0.5, 0.6) is 0 Å². The molecule has 1 heterocycles. The maximum absolute atomic E-state index is 12.4. The molecular formula is C12H18N2O3S. The highest BCUT2D eigenvalue weighted by atomic mass is 32.2. The number of amides is 1. The molecule has 0 aromatic heterocycles. The molecule has 2 aliphatic rings. The molecule has 0 spiro atoms. The van der Waals surface area contributed by atoms with Crippen molar-refractivity contribution in [3.8, 4) is 6.07 Å². The number of carbonyl (C=O) groups excluding carboxylic acids is 1. The Balaban J connectivity index is 2.09. The van der Waals surface area contributed by atoms with E-state index in [0.717, 1.165) is 19.3 Å². The van der Waals surface area contributed by atoms with Crippen LogP contribution in [-0.2, 0) is 14.6 Å². The molecule has 5 nitrogen and oxygen atoms in total. The highest BCUT2D eigenvalue weighted by Crippen LogP contribution is 2.37. The molecule has 1 saturated heterocycles. The fourth-order valence-electron chi connectivity index (χ4n) is 2.75. The molecule has 18 heavy (non-hydrogen) atoms. The van der Waals surface area contributed by atoms with Crippen LogP contribution >= 0.6 is 0 Å². The Bertz CT molecular complexity index is 458. The van der Waals surface area contributed by atoms with E-state index in [-0.39, 0.29) is 30.5 Å². The summed E-state index contributed by atoms with van der Waals surface area (Å²) in [4.78, 5) is 14.0. The lowest BCUT2D eigenvalue weighted by atomic mass is 9.74. The summed E-state index contributed by atoms with van der Waals surface area (Å²) in [5, 5.41) is 9.33. The summed E-state index contributed by atoms with van der Waals surface area (Å²) >= 11 is 0. The number of nitrogens with zero attached hydrogens (tertiary/aromatic N) is 2. The minimum Gasteiger partial charge on any atom is -0.339 e. The monoisotopic (exact) mass is 270 g/mol. The predicted molar refractivity (Wildman–Crippen MR) is 66.4 cm³/mol. The van der Waals surface area contributed by atoms with Crippen LogP contribution in [0.4, 0.5) is 0 Å². The van der Waals surface area contributed by atoms with Gasteiger partial charge in [0.2, 0.25) is 5.91 Å². The zero-order valence-electron chi connectivity index (χ0n) is 10.4. The second-order valence-corrected chi connectivity index (χ2v) is 7.50. The Morgan fingerprint density at radius 3 is 2.17 bits per heavy atom. The molecule has 0 radical (unpaired) electrons. The van der Waals surface area contributed by atoms with Crippen LogP contribution in [-0.4, -0.2) is 43.8 Å². The summed E-state index contributed by atoms with van der Waals surface area (Å²) in [7, 11) is -2.98. The first-order valence-electron chi connectivity index (χ1n) is 6.40. The average molecular weight is 270 g/mol. The molecule has 0 aromatic carbocycles. The molecule has 1 saturated carbocycles. The van der Waals surface area contributed by atoms with Crippen molar-refractivity contribution in [3.63, 3.8) is 0 Å². The zero-order chi connectivity index (χ0) is 13.2. The lowest BCUT2D eigenvalue weighted by Gasteiger charge is -2.36. The minimum atomic E-state index is -2.98. The van der Waals surface area contributed by atoms with Gasteiger partial charge in [-0.15, -0.1) is 0 Å². The fourth-order valence-corrected chi connectivity index (χ4v) is 3.95. The van der Waals surface area contributed by atoms with E-state index in [0.29, 0.717) is 12.8 Å². The summed E-state index contributed by atoms with van der Waals surface area (Å²) in [5.41, 5.74) is -0.890. The normalized spacial score (nSPS) is 26.3. The van der Waals surface area contributed by atoms with Crippen molar-refractivity contribution < 1.29 is 13.2 Å². The summed E-state index contributed by atoms with van der Waals surface area (Å²) < 4.78 is 22.7. The predicted octanol–water partition coefficient (Wildman–Crippen LogP) is 0.717. The van der Waals surface area contributed by atoms with Crippen LogP contribution < -0.4 is 0 Å². The first-order valence-corrected chi connectivity index (χ1v) is 8.22. The summed E-state index contributed by atoms with van der Waals surface area (Å²) in [6.45, 7) is 0.481. The lowest BCUT2D eigenvalue weighted by Crippen LogP contribution is -2.50. The molecule has 0 aromatic rings. The maximum Gasteiger partial charge on any atom is 0.243 e. The van der Waals surface area contributed by atoms with E-state index in [1.54, 1.807) is 4.90 Å². The molecule has 100 valence electrons. The Morgan fingerprint density at radius 2 is 1.67 bits per heavy atom. The van der Waals surface area contributed by atoms with Crippen molar-refractivity contribution in [1.82, 2.24) is 4.90 Å². The van der Waals surface area contributed by atoms with Crippen molar-refractivity contribution >= 4 is 15.7 Å². The van der Waals surface area contributed by atoms with Gasteiger partial charge in [0.15, 0.2) is 9.84 Å². The van der Waals surface area contributed by atoms with Gasteiger partial charge in [0.1, 0.15) is 5.41 Å². The van der Waals surface area contributed by atoms with E-state index >= 15 is 0 Å². The first kappa shape index (κ1) is 13.3. The van der Waals surface area contributed by atoms with E-state index in [1.165, 1.54) is 0 Å². The van der Waals surface area contributed by atoms with Gasteiger partial charge < -0.3 is 4.90 Å². The van der Waals surface area contributed by atoms with Gasteiger partial charge in [0.05, 0.1) is 17.6 Å². The highest BCUT2D eigenvalue weighted by Gasteiger charge is 2.43. The molecule has 2 fully saturated rings. The van der Waals surface area contributed by atoms with Crippen LogP contribution in [0.3, 0.4) is 0 Å². The quantitative estimate of drug-likeness (QED) is 0.703. The van der Waals surface area contributed by atoms with Crippen molar-refractivity contribution in [1.29, 1.82) is 5.26 Å². The molecule has 0 bridgehead atoms. The van der Waals surface area contributed by atoms with Crippen molar-refractivity contribution in [2.45, 2.75) is 32.1 Å². The molecule has 1 aliphatic heterocycles. The number of nitriles is 1. The first-order chi connectivity index (χ1) is 8.49. The third-order valence-corrected chi connectivity index (χ3v) is 5.57. The maximum atomic E-state index is 12.4. The number of hydrogen-bond acceptors (Lipinski definition) is 4. The third-order valence-electron chi connectivity index (χ3n) is 3.96. The molecule has 0 N–H and O–H groups in total. The summed E-state index contributed by atoms with van der Waals surface area (Å²) in [5.74, 6) is -0.0971. The molecule has 1 amide bonds. The van der Waals surface area contributed by atoms with Crippen molar-refractivity contribution in [3.05, 3.63) is 0 Å². The van der Waals surface area contributed by atoms with Crippen LogP contribution in [0.25, 0.3) is 0 Å². The minimum absolute atomic E-state index is 0.0280. The second-order valence-electron chi connectivity index (χ2n) is 5.20. The van der Waals surface area contributed by atoms with E-state index in [1.807, 2.05) is 0 Å². The summed E-state index contributed by atoms with van der Waals surface area (Å²) in [6.07, 6.45) is 4.12. The smallest absolute Gasteiger partial charge is 0.243 e. The van der Waals surface area contributed by atoms with Gasteiger partial charge >= 0.3 is 0 Å². The number of hydrogen-bond donors (Lipinski definition) is 0. The van der Waals surface area contributed by atoms with Gasteiger partial charge in [-0.05, 0) is 12.8 Å². The van der Waals surface area contributed by atoms with E-state index in [2.05, 4.69) is 6.07 Å². The standard InChI is InChI=1S/C12H18N2O3S/c13-10-12(4-2-1-3-5-12)11(15)14-6-8-18(16,17)9-7-14/h1-9H2. The largest absolute Gasteiger partial charge is 0.339 e. The summed E-state index contributed by atoms with van der Waals surface area (Å²) in [6, 6.07) is 2.19. The van der Waals surface area contributed by atoms with Gasteiger partial charge in [-0.25, -0.2) is 8.42 Å². The molecule has 0 atom stereocenters. The number of carbonyl (C=O) groups is 1. The molecule has 6 heteroatoms. The van der Waals surface area contributed by atoms with E-state index in [9.17, 15) is 18.5 Å². The van der Waals surface area contributed by atoms with Gasteiger partial charge in [-0.2, -0.15) is 5.26 Å². The molecular weight excluding hydrogens is 252 g/mol. The van der Waals surface area contributed by atoms with Crippen LogP contribution in [0.2, 0.25) is 0 Å². The van der Waals surface area contributed by atoms with Gasteiger partial charge in [-0.3, -0.25) is 4.79 Å². The second kappa shape index (κ2) is 4.88. The third kappa shape index (κ3) is 2.51. The van der Waals surface area contributed by atoms with E-state index < -0.39 is 15.3 Å². The van der Waals surface area contributed by atoms with Gasteiger partial charge in [-0.1, -0.05) is 19.3 Å². The molecule has 1 aliphatic carbocycles. The van der Waals surface area contributed by atoms with Gasteiger partial charge in [0.25, 0.3) is 0 Å². The Kier molecular flexibility index (Phi) is 3.62. The molecule has 2 rings (SSSR count). The van der Waals surface area contributed by atoms with Crippen LogP contribution in [0.1, 0.15) is 32.1 Å². The lowest BCUT2D eigenvalue weighted by molar-refractivity contribution is -0.140.